The molecule has 0 spiro atoms. The van der Waals surface area contributed by atoms with Gasteiger partial charge < -0.3 is 14.7 Å². The predicted molar refractivity (Wildman–Crippen MR) is 154 cm³/mol. The number of carboxylic acid groups (broad SMARTS) is 1. The van der Waals surface area contributed by atoms with Gasteiger partial charge in [0.1, 0.15) is 5.82 Å². The quantitative estimate of drug-likeness (QED) is 0.383. The van der Waals surface area contributed by atoms with Gasteiger partial charge in [-0.2, -0.15) is 0 Å². The number of ether oxygens (including phenoxy) is 1. The van der Waals surface area contributed by atoms with Crippen LogP contribution in [-0.2, 0) is 11.3 Å². The summed E-state index contributed by atoms with van der Waals surface area (Å²) in [7, 11) is 0. The van der Waals surface area contributed by atoms with Gasteiger partial charge in [-0.1, -0.05) is 23.2 Å². The lowest BCUT2D eigenvalue weighted by Crippen LogP contribution is -2.47. The number of aliphatic carboxylic acids is 1. The summed E-state index contributed by atoms with van der Waals surface area (Å²) in [5, 5.41) is 10.2. The van der Waals surface area contributed by atoms with Gasteiger partial charge in [0.15, 0.2) is 0 Å². The van der Waals surface area contributed by atoms with E-state index in [0.717, 1.165) is 75.5 Å². The maximum absolute atomic E-state index is 11.1. The fourth-order valence-electron chi connectivity index (χ4n) is 6.03. The molecule has 5 heterocycles. The van der Waals surface area contributed by atoms with E-state index in [-0.39, 0.29) is 12.3 Å². The van der Waals surface area contributed by atoms with Crippen molar-refractivity contribution in [2.45, 2.75) is 38.3 Å². The van der Waals surface area contributed by atoms with E-state index in [2.05, 4.69) is 24.7 Å². The van der Waals surface area contributed by atoms with Gasteiger partial charge in [-0.25, -0.2) is 15.0 Å². The van der Waals surface area contributed by atoms with Crippen molar-refractivity contribution >= 4 is 35.0 Å². The molecule has 1 aromatic carbocycles. The number of carboxylic acids is 1. The van der Waals surface area contributed by atoms with Crippen molar-refractivity contribution in [1.29, 1.82) is 0 Å². The van der Waals surface area contributed by atoms with Crippen LogP contribution in [0.2, 0.25) is 10.0 Å². The second-order valence-corrected chi connectivity index (χ2v) is 11.8. The molecule has 2 aromatic heterocycles. The lowest BCUT2D eigenvalue weighted by Gasteiger charge is -2.34. The lowest BCUT2D eigenvalue weighted by atomic mass is 9.93. The maximum Gasteiger partial charge on any atom is 0.303 e. The van der Waals surface area contributed by atoms with Gasteiger partial charge in [0, 0.05) is 66.9 Å². The molecule has 1 N–H and O–H groups in total. The number of aromatic nitrogens is 3. The van der Waals surface area contributed by atoms with E-state index in [0.29, 0.717) is 40.1 Å². The lowest BCUT2D eigenvalue weighted by molar-refractivity contribution is -0.138. The minimum Gasteiger partial charge on any atom is -0.481 e. The third-order valence-corrected chi connectivity index (χ3v) is 8.50. The van der Waals surface area contributed by atoms with Gasteiger partial charge in [0.25, 0.3) is 0 Å². The van der Waals surface area contributed by atoms with Gasteiger partial charge in [-0.15, -0.1) is 0 Å². The van der Waals surface area contributed by atoms with Crippen molar-refractivity contribution in [2.24, 2.45) is 5.92 Å². The van der Waals surface area contributed by atoms with Crippen molar-refractivity contribution in [1.82, 2.24) is 24.8 Å². The molecule has 0 radical (unpaired) electrons. The molecule has 0 amide bonds. The molecule has 40 heavy (non-hydrogen) atoms. The zero-order chi connectivity index (χ0) is 27.6. The van der Waals surface area contributed by atoms with Crippen LogP contribution in [0, 0.1) is 5.92 Å². The number of anilines is 1. The van der Waals surface area contributed by atoms with Crippen molar-refractivity contribution in [3.8, 4) is 23.0 Å². The molecule has 3 fully saturated rings. The van der Waals surface area contributed by atoms with Crippen LogP contribution in [0.4, 0.5) is 5.82 Å². The Labute approximate surface area is 243 Å². The highest BCUT2D eigenvalue weighted by atomic mass is 35.5. The van der Waals surface area contributed by atoms with Gasteiger partial charge in [-0.3, -0.25) is 14.6 Å². The molecule has 210 valence electrons. The van der Waals surface area contributed by atoms with Crippen LogP contribution >= 0.6 is 23.2 Å². The summed E-state index contributed by atoms with van der Waals surface area (Å²) < 4.78 is 6.13. The first kappa shape index (κ1) is 27.2. The van der Waals surface area contributed by atoms with Crippen molar-refractivity contribution < 1.29 is 14.6 Å². The van der Waals surface area contributed by atoms with Gasteiger partial charge in [0.2, 0.25) is 11.8 Å². The summed E-state index contributed by atoms with van der Waals surface area (Å²) in [4.78, 5) is 32.3. The van der Waals surface area contributed by atoms with E-state index < -0.39 is 5.97 Å². The molecule has 3 aromatic rings. The number of hydrogen-bond acceptors (Lipinski definition) is 8. The predicted octanol–water partition coefficient (Wildman–Crippen LogP) is 5.22. The maximum atomic E-state index is 11.1. The molecule has 3 saturated heterocycles. The topological polar surface area (TPSA) is 94.9 Å². The van der Waals surface area contributed by atoms with E-state index in [9.17, 15) is 4.79 Å². The summed E-state index contributed by atoms with van der Waals surface area (Å²) >= 11 is 12.6. The van der Waals surface area contributed by atoms with Crippen LogP contribution in [0.15, 0.2) is 42.7 Å². The SMILES string of the molecule is O=C(O)CC1CCN(Cc2cc(Oc3cnc(N4CCN5CCC4C5)cn3)nc(-c3cc(Cl)cc(Cl)c3)c2)CC1. The largest absolute Gasteiger partial charge is 0.481 e. The van der Waals surface area contributed by atoms with Crippen molar-refractivity contribution in [2.75, 3.05) is 44.2 Å². The Morgan fingerprint density at radius 2 is 1.73 bits per heavy atom. The van der Waals surface area contributed by atoms with E-state index in [1.54, 1.807) is 18.5 Å². The summed E-state index contributed by atoms with van der Waals surface area (Å²) in [6.07, 6.45) is 6.58. The summed E-state index contributed by atoms with van der Waals surface area (Å²) in [6.45, 7) is 6.64. The van der Waals surface area contributed by atoms with E-state index in [1.807, 2.05) is 24.3 Å². The molecule has 2 atom stereocenters. The highest BCUT2D eigenvalue weighted by Gasteiger charge is 2.33. The molecule has 3 aliphatic rings. The molecule has 6 rings (SSSR count). The minimum absolute atomic E-state index is 0.230. The second-order valence-electron chi connectivity index (χ2n) is 10.9. The molecule has 0 saturated carbocycles. The Bertz CT molecular complexity index is 1350. The van der Waals surface area contributed by atoms with Gasteiger partial charge in [-0.05, 0) is 68.1 Å². The number of pyridine rings is 1. The standard InChI is InChI=1S/C29H32Cl2N6O3/c30-22-12-21(13-23(31)14-22)25-9-20(17-35-4-1-19(2-5-35)11-29(38)39)10-27(34-25)40-28-16-32-26(15-33-28)37-8-7-36-6-3-24(37)18-36/h9-10,12-16,19,24H,1-8,11,17-18H2,(H,38,39). The number of likely N-dealkylation sites (tertiary alicyclic amines) is 1. The molecule has 9 nitrogen and oxygen atoms in total. The van der Waals surface area contributed by atoms with Crippen LogP contribution in [0.1, 0.15) is 31.2 Å². The molecule has 2 unspecified atom stereocenters. The van der Waals surface area contributed by atoms with E-state index in [1.165, 1.54) is 0 Å². The number of benzene rings is 1. The Kier molecular flexibility index (Phi) is 8.07. The fraction of sp³-hybridized carbons (Fsp3) is 0.448. The van der Waals surface area contributed by atoms with Crippen LogP contribution in [0.3, 0.4) is 0 Å². The smallest absolute Gasteiger partial charge is 0.303 e. The first-order chi connectivity index (χ1) is 19.4. The molecule has 11 heteroatoms. The summed E-state index contributed by atoms with van der Waals surface area (Å²) in [5.41, 5.74) is 2.51. The first-order valence-electron chi connectivity index (χ1n) is 13.8. The third-order valence-electron chi connectivity index (χ3n) is 8.06. The first-order valence-corrected chi connectivity index (χ1v) is 14.5. The number of halogens is 2. The zero-order valence-corrected chi connectivity index (χ0v) is 23.7. The Balaban J connectivity index is 1.21. The monoisotopic (exact) mass is 582 g/mol. The second kappa shape index (κ2) is 11.9. The number of fused-ring (bicyclic) bond motifs is 2. The number of hydrogen-bond donors (Lipinski definition) is 1. The molecular weight excluding hydrogens is 551 g/mol. The normalized spacial score (nSPS) is 21.5. The fourth-order valence-corrected chi connectivity index (χ4v) is 6.55. The number of nitrogens with zero attached hydrogens (tertiary/aromatic N) is 6. The van der Waals surface area contributed by atoms with Crippen molar-refractivity contribution in [3.05, 3.63) is 58.3 Å². The van der Waals surface area contributed by atoms with E-state index >= 15 is 0 Å². The average Bonchev–Trinajstić information content (AvgIpc) is 3.30. The van der Waals surface area contributed by atoms with E-state index in [4.69, 9.17) is 38.0 Å². The summed E-state index contributed by atoms with van der Waals surface area (Å²) in [5.74, 6) is 1.17. The molecule has 2 bridgehead atoms. The summed E-state index contributed by atoms with van der Waals surface area (Å²) in [6, 6.07) is 9.79. The van der Waals surface area contributed by atoms with Crippen molar-refractivity contribution in [3.63, 3.8) is 0 Å². The van der Waals surface area contributed by atoms with Gasteiger partial charge in [0.05, 0.1) is 18.1 Å². The Morgan fingerprint density at radius 3 is 2.45 bits per heavy atom. The van der Waals surface area contributed by atoms with Crippen LogP contribution in [-0.4, -0.2) is 81.1 Å². The number of piperazine rings is 1. The number of carbonyl (C=O) groups is 1. The molecule has 0 aliphatic carbocycles. The molecular formula is C29H32Cl2N6O3. The zero-order valence-electron chi connectivity index (χ0n) is 22.2. The Morgan fingerprint density at radius 1 is 0.925 bits per heavy atom. The van der Waals surface area contributed by atoms with Gasteiger partial charge >= 0.3 is 5.97 Å². The van der Waals surface area contributed by atoms with Crippen LogP contribution < -0.4 is 9.64 Å². The minimum atomic E-state index is -0.726. The van der Waals surface area contributed by atoms with Crippen LogP contribution in [0.5, 0.6) is 11.8 Å². The highest BCUT2D eigenvalue weighted by molar-refractivity contribution is 6.35. The number of rotatable bonds is 8. The Hall–Kier alpha value is -2.98. The number of piperidine rings is 1. The third kappa shape index (κ3) is 6.49. The average molecular weight is 584 g/mol. The highest BCUT2D eigenvalue weighted by Crippen LogP contribution is 2.31. The van der Waals surface area contributed by atoms with Crippen LogP contribution in [0.25, 0.3) is 11.3 Å². The molecule has 3 aliphatic heterocycles.